The minimum Gasteiger partial charge on any atom is -0.370 e. The maximum absolute atomic E-state index is 4.32. The molecule has 1 aromatic heterocycles. The first kappa shape index (κ1) is 15.9. The van der Waals surface area contributed by atoms with Gasteiger partial charge in [0.2, 0.25) is 0 Å². The number of nitrogens with zero attached hydrogens (tertiary/aromatic N) is 1. The van der Waals surface area contributed by atoms with Gasteiger partial charge in [-0.3, -0.25) is 0 Å². The fourth-order valence-corrected chi connectivity index (χ4v) is 3.35. The molecule has 1 aliphatic rings. The number of aromatic nitrogens is 1. The zero-order chi connectivity index (χ0) is 16.2. The first-order valence-electron chi connectivity index (χ1n) is 8.86. The summed E-state index contributed by atoms with van der Waals surface area (Å²) in [5, 5.41) is 0. The van der Waals surface area contributed by atoms with Crippen molar-refractivity contribution in [3.8, 4) is 0 Å². The van der Waals surface area contributed by atoms with E-state index < -0.39 is 0 Å². The highest BCUT2D eigenvalue weighted by molar-refractivity contribution is 5.63. The second-order valence-electron chi connectivity index (χ2n) is 6.85. The Hall–Kier alpha value is -1.96. The standard InChI is InChI=1S/C21H28N2/c1-4-5-9-16(2)21-12-19(13-22-21)17(3)23-14-20(15-23)18-10-7-6-8-11-18/h6-8,10-13,16,20,22H,3-5,9,14-15H2,1-2H3. The van der Waals surface area contributed by atoms with Crippen LogP contribution in [0.3, 0.4) is 0 Å². The Bertz CT molecular complexity index is 635. The summed E-state index contributed by atoms with van der Waals surface area (Å²) >= 11 is 0. The normalized spacial score (nSPS) is 16.2. The summed E-state index contributed by atoms with van der Waals surface area (Å²) in [6.45, 7) is 11.0. The van der Waals surface area contributed by atoms with Gasteiger partial charge in [0, 0.05) is 42.2 Å². The van der Waals surface area contributed by atoms with E-state index in [0.29, 0.717) is 11.8 Å². The average Bonchev–Trinajstić information content (AvgIpc) is 3.02. The Labute approximate surface area is 140 Å². The molecule has 0 radical (unpaired) electrons. The van der Waals surface area contributed by atoms with E-state index in [1.807, 2.05) is 0 Å². The number of H-pyrrole nitrogens is 1. The molecule has 3 rings (SSSR count). The molecule has 1 saturated heterocycles. The zero-order valence-corrected chi connectivity index (χ0v) is 14.4. The van der Waals surface area contributed by atoms with Crippen LogP contribution in [0.2, 0.25) is 0 Å². The van der Waals surface area contributed by atoms with Crippen molar-refractivity contribution >= 4 is 5.70 Å². The highest BCUT2D eigenvalue weighted by atomic mass is 15.2. The lowest BCUT2D eigenvalue weighted by Gasteiger charge is -2.42. The second kappa shape index (κ2) is 7.08. The lowest BCUT2D eigenvalue weighted by Crippen LogP contribution is -2.43. The third-order valence-electron chi connectivity index (χ3n) is 5.09. The molecule has 2 heterocycles. The van der Waals surface area contributed by atoms with Crippen LogP contribution in [0.1, 0.15) is 61.8 Å². The zero-order valence-electron chi connectivity index (χ0n) is 14.4. The topological polar surface area (TPSA) is 19.0 Å². The average molecular weight is 308 g/mol. The molecule has 0 spiro atoms. The molecule has 1 aliphatic heterocycles. The molecule has 1 aromatic carbocycles. The van der Waals surface area contributed by atoms with Crippen molar-refractivity contribution in [2.45, 2.75) is 44.9 Å². The molecule has 2 heteroatoms. The summed E-state index contributed by atoms with van der Waals surface area (Å²) in [6.07, 6.45) is 5.93. The first-order chi connectivity index (χ1) is 11.2. The molecule has 2 aromatic rings. The van der Waals surface area contributed by atoms with Crippen LogP contribution >= 0.6 is 0 Å². The van der Waals surface area contributed by atoms with Gasteiger partial charge in [-0.15, -0.1) is 0 Å². The number of benzene rings is 1. The molecule has 0 amide bonds. The summed E-state index contributed by atoms with van der Waals surface area (Å²) in [5.41, 5.74) is 5.19. The molecular weight excluding hydrogens is 280 g/mol. The minimum absolute atomic E-state index is 0.602. The van der Waals surface area contributed by atoms with E-state index in [0.717, 1.165) is 18.8 Å². The van der Waals surface area contributed by atoms with Crippen molar-refractivity contribution in [1.82, 2.24) is 9.88 Å². The van der Waals surface area contributed by atoms with E-state index in [4.69, 9.17) is 0 Å². The van der Waals surface area contributed by atoms with Crippen LogP contribution in [-0.2, 0) is 0 Å². The predicted molar refractivity (Wildman–Crippen MR) is 98.5 cm³/mol. The molecule has 1 atom stereocenters. The fraction of sp³-hybridized carbons (Fsp3) is 0.429. The lowest BCUT2D eigenvalue weighted by molar-refractivity contribution is 0.237. The first-order valence-corrected chi connectivity index (χ1v) is 8.86. The highest BCUT2D eigenvalue weighted by Gasteiger charge is 2.29. The Balaban J connectivity index is 1.57. The quantitative estimate of drug-likeness (QED) is 0.727. The van der Waals surface area contributed by atoms with E-state index in [2.05, 4.69) is 72.9 Å². The fourth-order valence-electron chi connectivity index (χ4n) is 3.35. The highest BCUT2D eigenvalue weighted by Crippen LogP contribution is 2.33. The number of hydrogen-bond acceptors (Lipinski definition) is 1. The predicted octanol–water partition coefficient (Wildman–Crippen LogP) is 5.38. The van der Waals surface area contributed by atoms with Crippen molar-refractivity contribution in [2.75, 3.05) is 13.1 Å². The lowest BCUT2D eigenvalue weighted by atomic mass is 9.90. The number of hydrogen-bond donors (Lipinski definition) is 1. The molecule has 2 nitrogen and oxygen atoms in total. The minimum atomic E-state index is 0.602. The van der Waals surface area contributed by atoms with Gasteiger partial charge in [-0.25, -0.2) is 0 Å². The van der Waals surface area contributed by atoms with Crippen LogP contribution in [0.25, 0.3) is 5.70 Å². The van der Waals surface area contributed by atoms with Crippen LogP contribution in [0.5, 0.6) is 0 Å². The Morgan fingerprint density at radius 3 is 2.74 bits per heavy atom. The van der Waals surface area contributed by atoms with Gasteiger partial charge in [-0.1, -0.05) is 63.6 Å². The van der Waals surface area contributed by atoms with Gasteiger partial charge in [0.1, 0.15) is 0 Å². The van der Waals surface area contributed by atoms with Crippen molar-refractivity contribution in [1.29, 1.82) is 0 Å². The number of rotatable bonds is 7. The van der Waals surface area contributed by atoms with Crippen molar-refractivity contribution in [3.05, 3.63) is 66.0 Å². The maximum Gasteiger partial charge on any atom is 0.0382 e. The molecule has 23 heavy (non-hydrogen) atoms. The van der Waals surface area contributed by atoms with Crippen LogP contribution in [0.15, 0.2) is 49.2 Å². The number of unbranched alkanes of at least 4 members (excludes halogenated alkanes) is 1. The summed E-state index contributed by atoms with van der Waals surface area (Å²) in [6, 6.07) is 13.1. The van der Waals surface area contributed by atoms with Gasteiger partial charge < -0.3 is 9.88 Å². The molecule has 0 saturated carbocycles. The number of aromatic amines is 1. The van der Waals surface area contributed by atoms with Crippen molar-refractivity contribution in [3.63, 3.8) is 0 Å². The van der Waals surface area contributed by atoms with Gasteiger partial charge >= 0.3 is 0 Å². The summed E-state index contributed by atoms with van der Waals surface area (Å²) in [5.74, 6) is 1.25. The van der Waals surface area contributed by atoms with Gasteiger partial charge in [0.25, 0.3) is 0 Å². The molecule has 0 bridgehead atoms. The molecule has 0 aliphatic carbocycles. The van der Waals surface area contributed by atoms with E-state index in [9.17, 15) is 0 Å². The molecule has 1 fully saturated rings. The summed E-state index contributed by atoms with van der Waals surface area (Å²) < 4.78 is 0. The third-order valence-corrected chi connectivity index (χ3v) is 5.09. The summed E-state index contributed by atoms with van der Waals surface area (Å²) in [4.78, 5) is 5.84. The Morgan fingerprint density at radius 1 is 1.30 bits per heavy atom. The van der Waals surface area contributed by atoms with E-state index in [1.165, 1.54) is 36.1 Å². The van der Waals surface area contributed by atoms with Gasteiger partial charge in [-0.2, -0.15) is 0 Å². The van der Waals surface area contributed by atoms with Crippen LogP contribution < -0.4 is 0 Å². The number of likely N-dealkylation sites (tertiary alicyclic amines) is 1. The smallest absolute Gasteiger partial charge is 0.0382 e. The second-order valence-corrected chi connectivity index (χ2v) is 6.85. The van der Waals surface area contributed by atoms with Gasteiger partial charge in [-0.05, 0) is 24.0 Å². The maximum atomic E-state index is 4.32. The molecule has 1 unspecified atom stereocenters. The third kappa shape index (κ3) is 3.52. The van der Waals surface area contributed by atoms with Gasteiger partial charge in [0.15, 0.2) is 0 Å². The molecule has 1 N–H and O–H groups in total. The van der Waals surface area contributed by atoms with Crippen LogP contribution in [0.4, 0.5) is 0 Å². The van der Waals surface area contributed by atoms with Gasteiger partial charge in [0.05, 0.1) is 0 Å². The number of nitrogens with one attached hydrogen (secondary N) is 1. The van der Waals surface area contributed by atoms with Crippen molar-refractivity contribution in [2.24, 2.45) is 0 Å². The molecular formula is C21H28N2. The Kier molecular flexibility index (Phi) is 4.90. The van der Waals surface area contributed by atoms with Crippen LogP contribution in [-0.4, -0.2) is 23.0 Å². The van der Waals surface area contributed by atoms with Crippen molar-refractivity contribution < 1.29 is 0 Å². The molecule has 122 valence electrons. The van der Waals surface area contributed by atoms with Crippen LogP contribution in [0, 0.1) is 0 Å². The van der Waals surface area contributed by atoms with E-state index >= 15 is 0 Å². The summed E-state index contributed by atoms with van der Waals surface area (Å²) in [7, 11) is 0. The SMILES string of the molecule is C=C(c1c[nH]c(C(C)CCCC)c1)N1CC(c2ccccc2)C1. The van der Waals surface area contributed by atoms with E-state index in [-0.39, 0.29) is 0 Å². The largest absolute Gasteiger partial charge is 0.370 e. The monoisotopic (exact) mass is 308 g/mol. The Morgan fingerprint density at radius 2 is 2.04 bits per heavy atom. The van der Waals surface area contributed by atoms with E-state index in [1.54, 1.807) is 0 Å².